The second-order valence-corrected chi connectivity index (χ2v) is 7.63. The number of aromatic nitrogens is 3. The summed E-state index contributed by atoms with van der Waals surface area (Å²) in [5, 5.41) is 4.80. The van der Waals surface area contributed by atoms with Crippen LogP contribution in [0, 0.1) is 6.92 Å². The molecule has 4 rings (SSSR count). The molecule has 31 heavy (non-hydrogen) atoms. The number of nitrogen functional groups attached to an aromatic ring is 1. The molecule has 1 aliphatic rings. The van der Waals surface area contributed by atoms with Crippen LogP contribution in [0.1, 0.15) is 29.4 Å². The number of nitrogens with zero attached hydrogens (tertiary/aromatic N) is 3. The van der Waals surface area contributed by atoms with Crippen molar-refractivity contribution in [3.05, 3.63) is 52.8 Å². The Kier molecular flexibility index (Phi) is 5.38. The number of ether oxygens (including phenoxy) is 2. The Morgan fingerprint density at radius 2 is 2.00 bits per heavy atom. The lowest BCUT2D eigenvalue weighted by molar-refractivity contribution is -0.138. The van der Waals surface area contributed by atoms with Crippen LogP contribution in [0.4, 0.5) is 19.0 Å². The normalized spacial score (nSPS) is 16.6. The van der Waals surface area contributed by atoms with E-state index in [1.54, 1.807) is 10.7 Å². The molecule has 0 radical (unpaired) electrons. The van der Waals surface area contributed by atoms with Gasteiger partial charge in [-0.3, -0.25) is 0 Å². The van der Waals surface area contributed by atoms with E-state index in [-0.39, 0.29) is 11.9 Å². The van der Waals surface area contributed by atoms with Crippen LogP contribution in [0.2, 0.25) is 0 Å². The summed E-state index contributed by atoms with van der Waals surface area (Å²) in [7, 11) is 1.22. The fourth-order valence-corrected chi connectivity index (χ4v) is 3.97. The molecular weight excluding hydrogens is 409 g/mol. The van der Waals surface area contributed by atoms with Crippen LogP contribution >= 0.6 is 0 Å². The molecule has 0 saturated heterocycles. The zero-order valence-corrected chi connectivity index (χ0v) is 17.5. The Bertz CT molecular complexity index is 1100. The van der Waals surface area contributed by atoms with Gasteiger partial charge in [0.25, 0.3) is 0 Å². The van der Waals surface area contributed by atoms with Gasteiger partial charge in [0.1, 0.15) is 11.6 Å². The highest BCUT2D eigenvalue weighted by atomic mass is 19.4. The number of pyridine rings is 1. The van der Waals surface area contributed by atoms with Gasteiger partial charge in [0.05, 0.1) is 42.5 Å². The number of alkyl halides is 3. The highest BCUT2D eigenvalue weighted by molar-refractivity contribution is 5.68. The topological polar surface area (TPSA) is 75.2 Å². The molecule has 0 fully saturated rings. The Morgan fingerprint density at radius 3 is 2.68 bits per heavy atom. The molecule has 164 valence electrons. The molecule has 1 aromatic carbocycles. The highest BCUT2D eigenvalue weighted by Gasteiger charge is 2.35. The molecule has 0 unspecified atom stereocenters. The average molecular weight is 432 g/mol. The van der Waals surface area contributed by atoms with Gasteiger partial charge >= 0.3 is 6.18 Å². The molecule has 3 heterocycles. The fraction of sp³-hybridized carbons (Fsp3) is 0.364. The third-order valence-electron chi connectivity index (χ3n) is 5.31. The number of benzene rings is 1. The van der Waals surface area contributed by atoms with E-state index in [9.17, 15) is 13.2 Å². The Balaban J connectivity index is 1.92. The number of hydrogen-bond donors (Lipinski definition) is 1. The van der Waals surface area contributed by atoms with Crippen molar-refractivity contribution in [3.8, 4) is 22.7 Å². The van der Waals surface area contributed by atoms with Crippen LogP contribution in [-0.2, 0) is 23.8 Å². The number of methoxy groups -OCH3 is 1. The molecule has 6 nitrogen and oxygen atoms in total. The lowest BCUT2D eigenvalue weighted by Crippen LogP contribution is -2.14. The van der Waals surface area contributed by atoms with Gasteiger partial charge in [-0.05, 0) is 44.5 Å². The fourth-order valence-electron chi connectivity index (χ4n) is 3.97. The van der Waals surface area contributed by atoms with Crippen molar-refractivity contribution in [2.45, 2.75) is 39.0 Å². The number of halogens is 3. The minimum Gasteiger partial charge on any atom is -0.496 e. The van der Waals surface area contributed by atoms with Crippen molar-refractivity contribution in [2.24, 2.45) is 0 Å². The first-order chi connectivity index (χ1) is 14.7. The molecule has 0 aliphatic carbocycles. The van der Waals surface area contributed by atoms with Crippen LogP contribution < -0.4 is 10.5 Å². The third kappa shape index (κ3) is 4.10. The van der Waals surface area contributed by atoms with E-state index in [0.29, 0.717) is 31.0 Å². The van der Waals surface area contributed by atoms with Crippen molar-refractivity contribution < 1.29 is 22.6 Å². The monoisotopic (exact) mass is 432 g/mol. The summed E-state index contributed by atoms with van der Waals surface area (Å²) in [5.74, 6) is 0.130. The summed E-state index contributed by atoms with van der Waals surface area (Å²) in [5.41, 5.74) is 9.79. The average Bonchev–Trinajstić information content (AvgIpc) is 2.92. The van der Waals surface area contributed by atoms with E-state index in [1.165, 1.54) is 19.2 Å². The van der Waals surface area contributed by atoms with E-state index in [4.69, 9.17) is 20.3 Å². The molecular formula is C22H23F3N4O2. The number of nitrogens with two attached hydrogens (primary N) is 1. The highest BCUT2D eigenvalue weighted by Crippen LogP contribution is 2.38. The standard InChI is InChI=1S/C22H23F3N4O2/c1-12-8-14(10-20(26)27-12)21-16-6-7-31-13(2)9-18(16)29(28-21)15-4-5-17(22(23,24)25)19(11-15)30-3/h4-5,8,10-11,13H,6-7,9H2,1-3H3,(H2,26,27)/t13-/m1/s1. The third-order valence-corrected chi connectivity index (χ3v) is 5.31. The number of rotatable bonds is 3. The molecule has 0 bridgehead atoms. The van der Waals surface area contributed by atoms with Gasteiger partial charge in [-0.25, -0.2) is 9.67 Å². The molecule has 0 saturated carbocycles. The maximum atomic E-state index is 13.3. The van der Waals surface area contributed by atoms with Crippen LogP contribution in [0.5, 0.6) is 5.75 Å². The molecule has 1 atom stereocenters. The summed E-state index contributed by atoms with van der Waals surface area (Å²) in [6, 6.07) is 7.44. The SMILES string of the molecule is COc1cc(-n2nc(-c3cc(C)nc(N)c3)c3c2C[C@@H](C)OCC3)ccc1C(F)(F)F. The van der Waals surface area contributed by atoms with Crippen molar-refractivity contribution in [3.63, 3.8) is 0 Å². The van der Waals surface area contributed by atoms with Crippen molar-refractivity contribution in [2.75, 3.05) is 19.5 Å². The van der Waals surface area contributed by atoms with Crippen LogP contribution in [0.3, 0.4) is 0 Å². The Hall–Kier alpha value is -3.07. The van der Waals surface area contributed by atoms with Gasteiger partial charge in [0, 0.05) is 29.3 Å². The molecule has 0 amide bonds. The molecule has 2 aromatic heterocycles. The van der Waals surface area contributed by atoms with Crippen LogP contribution in [-0.4, -0.2) is 34.6 Å². The predicted octanol–water partition coefficient (Wildman–Crippen LogP) is 4.36. The van der Waals surface area contributed by atoms with E-state index < -0.39 is 11.7 Å². The van der Waals surface area contributed by atoms with Crippen LogP contribution in [0.25, 0.3) is 16.9 Å². The van der Waals surface area contributed by atoms with Gasteiger partial charge in [0.15, 0.2) is 0 Å². The Labute approximate surface area is 177 Å². The number of anilines is 1. The molecule has 9 heteroatoms. The minimum atomic E-state index is -4.51. The van der Waals surface area contributed by atoms with Crippen molar-refractivity contribution in [1.82, 2.24) is 14.8 Å². The summed E-state index contributed by atoms with van der Waals surface area (Å²) in [4.78, 5) is 4.22. The van der Waals surface area contributed by atoms with Gasteiger partial charge in [-0.2, -0.15) is 18.3 Å². The van der Waals surface area contributed by atoms with E-state index >= 15 is 0 Å². The second kappa shape index (κ2) is 7.88. The van der Waals surface area contributed by atoms with Crippen LogP contribution in [0.15, 0.2) is 30.3 Å². The summed E-state index contributed by atoms with van der Waals surface area (Å²) >= 11 is 0. The zero-order valence-electron chi connectivity index (χ0n) is 17.5. The van der Waals surface area contributed by atoms with Gasteiger partial charge in [-0.15, -0.1) is 0 Å². The predicted molar refractivity (Wildman–Crippen MR) is 110 cm³/mol. The van der Waals surface area contributed by atoms with Gasteiger partial charge < -0.3 is 15.2 Å². The first kappa shape index (κ1) is 21.2. The Morgan fingerprint density at radius 1 is 1.23 bits per heavy atom. The summed E-state index contributed by atoms with van der Waals surface area (Å²) in [6.45, 7) is 4.35. The number of hydrogen-bond acceptors (Lipinski definition) is 5. The maximum Gasteiger partial charge on any atom is 0.419 e. The molecule has 2 N–H and O–H groups in total. The maximum absolute atomic E-state index is 13.3. The first-order valence-electron chi connectivity index (χ1n) is 9.90. The largest absolute Gasteiger partial charge is 0.496 e. The molecule has 3 aromatic rings. The van der Waals surface area contributed by atoms with Crippen molar-refractivity contribution in [1.29, 1.82) is 0 Å². The minimum absolute atomic E-state index is 0.0508. The number of aryl methyl sites for hydroxylation is 1. The van der Waals surface area contributed by atoms with Gasteiger partial charge in [-0.1, -0.05) is 0 Å². The molecule has 0 spiro atoms. The van der Waals surface area contributed by atoms with Crippen molar-refractivity contribution >= 4 is 5.82 Å². The summed E-state index contributed by atoms with van der Waals surface area (Å²) in [6.07, 6.45) is -3.35. The first-order valence-corrected chi connectivity index (χ1v) is 9.90. The summed E-state index contributed by atoms with van der Waals surface area (Å²) < 4.78 is 52.5. The smallest absolute Gasteiger partial charge is 0.419 e. The van der Waals surface area contributed by atoms with E-state index in [0.717, 1.165) is 34.3 Å². The number of fused-ring (bicyclic) bond motifs is 1. The van der Waals surface area contributed by atoms with E-state index in [2.05, 4.69) is 4.98 Å². The quantitative estimate of drug-likeness (QED) is 0.666. The van der Waals surface area contributed by atoms with E-state index in [1.807, 2.05) is 19.9 Å². The lowest BCUT2D eigenvalue weighted by Gasteiger charge is -2.15. The lowest BCUT2D eigenvalue weighted by atomic mass is 10.0. The zero-order chi connectivity index (χ0) is 22.3. The molecule has 1 aliphatic heterocycles. The second-order valence-electron chi connectivity index (χ2n) is 7.63. The van der Waals surface area contributed by atoms with Gasteiger partial charge in [0.2, 0.25) is 0 Å².